The van der Waals surface area contributed by atoms with Gasteiger partial charge in [-0.3, -0.25) is 4.79 Å². The Morgan fingerprint density at radius 1 is 1.16 bits per heavy atom. The molecule has 0 saturated heterocycles. The maximum Gasteiger partial charge on any atom is 0.315 e. The second kappa shape index (κ2) is 9.09. The highest BCUT2D eigenvalue weighted by Gasteiger charge is 2.24. The Hall–Kier alpha value is -4.54. The first-order chi connectivity index (χ1) is 18.3. The second-order valence-corrected chi connectivity index (χ2v) is 10.6. The summed E-state index contributed by atoms with van der Waals surface area (Å²) in [5.41, 5.74) is 5.59. The van der Waals surface area contributed by atoms with Gasteiger partial charge >= 0.3 is 11.8 Å². The first-order valence-corrected chi connectivity index (χ1v) is 12.6. The SMILES string of the molecule is Cc1cc(-c2ncnn3cc(N4CCn5ccnc5C4)cc23)ccc1CNC(=O)c1nc(C(C)(C)C)no1. The van der Waals surface area contributed by atoms with Gasteiger partial charge in [-0.2, -0.15) is 10.1 Å². The summed E-state index contributed by atoms with van der Waals surface area (Å²) in [6.45, 7) is 10.8. The minimum absolute atomic E-state index is 0.0331. The number of hydrogen-bond donors (Lipinski definition) is 1. The summed E-state index contributed by atoms with van der Waals surface area (Å²) >= 11 is 0. The smallest absolute Gasteiger partial charge is 0.315 e. The lowest BCUT2D eigenvalue weighted by Crippen LogP contribution is -2.33. The van der Waals surface area contributed by atoms with Crippen LogP contribution in [0, 0.1) is 6.92 Å². The van der Waals surface area contributed by atoms with Crippen molar-refractivity contribution < 1.29 is 9.32 Å². The molecule has 0 fully saturated rings. The quantitative estimate of drug-likeness (QED) is 0.381. The number of fused-ring (bicyclic) bond motifs is 2. The third-order valence-electron chi connectivity index (χ3n) is 6.85. The molecule has 1 amide bonds. The number of imidazole rings is 1. The zero-order chi connectivity index (χ0) is 26.4. The van der Waals surface area contributed by atoms with Crippen LogP contribution in [0.25, 0.3) is 16.8 Å². The summed E-state index contributed by atoms with van der Waals surface area (Å²) in [6, 6.07) is 8.24. The number of carbonyl (C=O) groups is 1. The fourth-order valence-electron chi connectivity index (χ4n) is 4.62. The fraction of sp³-hybridized carbons (Fsp3) is 0.333. The normalized spacial score (nSPS) is 13.6. The highest BCUT2D eigenvalue weighted by atomic mass is 16.5. The molecule has 0 atom stereocenters. The van der Waals surface area contributed by atoms with Gasteiger partial charge in [-0.05, 0) is 30.2 Å². The average Bonchev–Trinajstić information content (AvgIpc) is 3.66. The largest absolute Gasteiger partial charge is 0.361 e. The van der Waals surface area contributed by atoms with Gasteiger partial charge in [-0.1, -0.05) is 38.1 Å². The summed E-state index contributed by atoms with van der Waals surface area (Å²) in [6.07, 6.45) is 7.50. The van der Waals surface area contributed by atoms with Gasteiger partial charge in [0.25, 0.3) is 0 Å². The monoisotopic (exact) mass is 511 g/mol. The summed E-state index contributed by atoms with van der Waals surface area (Å²) in [4.78, 5) is 28.2. The lowest BCUT2D eigenvalue weighted by molar-refractivity contribution is 0.0907. The van der Waals surface area contributed by atoms with Crippen molar-refractivity contribution in [2.75, 3.05) is 11.4 Å². The van der Waals surface area contributed by atoms with Crippen LogP contribution in [0.1, 0.15) is 54.2 Å². The van der Waals surface area contributed by atoms with Crippen molar-refractivity contribution in [3.05, 3.63) is 77.8 Å². The van der Waals surface area contributed by atoms with Crippen molar-refractivity contribution in [1.29, 1.82) is 0 Å². The second-order valence-electron chi connectivity index (χ2n) is 10.6. The molecule has 194 valence electrons. The van der Waals surface area contributed by atoms with Crippen molar-refractivity contribution in [3.63, 3.8) is 0 Å². The molecule has 0 saturated carbocycles. The van der Waals surface area contributed by atoms with Crippen LogP contribution in [-0.2, 0) is 25.0 Å². The van der Waals surface area contributed by atoms with Crippen LogP contribution in [-0.4, -0.2) is 46.7 Å². The molecule has 5 heterocycles. The standard InChI is InChI=1S/C27H29N9O2/c1-17-11-18(5-6-19(17)13-29-24(37)25-32-26(33-38-25)27(2,3)4)23-21-12-20(14-36(21)31-16-30-23)35-10-9-34-8-7-28-22(34)15-35/h5-8,11-12,14,16H,9-10,13,15H2,1-4H3,(H,29,37). The maximum absolute atomic E-state index is 12.6. The van der Waals surface area contributed by atoms with Gasteiger partial charge in [0.2, 0.25) is 0 Å². The van der Waals surface area contributed by atoms with Crippen LogP contribution in [0.2, 0.25) is 0 Å². The molecule has 1 N–H and O–H groups in total. The number of rotatable bonds is 5. The van der Waals surface area contributed by atoms with E-state index in [0.29, 0.717) is 12.4 Å². The molecule has 0 aliphatic carbocycles. The van der Waals surface area contributed by atoms with Crippen LogP contribution < -0.4 is 10.2 Å². The molecule has 0 spiro atoms. The Bertz CT molecular complexity index is 1640. The third-order valence-corrected chi connectivity index (χ3v) is 6.85. The molecule has 5 aromatic rings. The molecule has 38 heavy (non-hydrogen) atoms. The average molecular weight is 512 g/mol. The Morgan fingerprint density at radius 3 is 2.82 bits per heavy atom. The number of benzene rings is 1. The summed E-state index contributed by atoms with van der Waals surface area (Å²) in [7, 11) is 0. The molecule has 11 heteroatoms. The van der Waals surface area contributed by atoms with E-state index in [9.17, 15) is 4.79 Å². The first-order valence-electron chi connectivity index (χ1n) is 12.6. The van der Waals surface area contributed by atoms with Crippen molar-refractivity contribution in [1.82, 2.24) is 39.6 Å². The Balaban J connectivity index is 1.20. The number of aromatic nitrogens is 7. The number of anilines is 1. The summed E-state index contributed by atoms with van der Waals surface area (Å²) in [5, 5.41) is 11.2. The Labute approximate surface area is 219 Å². The maximum atomic E-state index is 12.6. The van der Waals surface area contributed by atoms with E-state index in [1.165, 1.54) is 0 Å². The molecule has 0 bridgehead atoms. The molecular weight excluding hydrogens is 482 g/mol. The highest BCUT2D eigenvalue weighted by Crippen LogP contribution is 2.29. The zero-order valence-electron chi connectivity index (χ0n) is 21.8. The van der Waals surface area contributed by atoms with E-state index in [1.54, 1.807) is 6.33 Å². The number of carbonyl (C=O) groups excluding carboxylic acids is 1. The predicted octanol–water partition coefficient (Wildman–Crippen LogP) is 3.53. The summed E-state index contributed by atoms with van der Waals surface area (Å²) < 4.78 is 9.21. The molecule has 4 aromatic heterocycles. The van der Waals surface area contributed by atoms with Crippen LogP contribution in [0.15, 0.2) is 53.7 Å². The topological polar surface area (TPSA) is 119 Å². The molecular formula is C27H29N9O2. The Morgan fingerprint density at radius 2 is 2.03 bits per heavy atom. The van der Waals surface area contributed by atoms with E-state index in [0.717, 1.165) is 59.0 Å². The van der Waals surface area contributed by atoms with Gasteiger partial charge in [0.05, 0.1) is 29.6 Å². The lowest BCUT2D eigenvalue weighted by atomic mass is 9.96. The number of nitrogens with one attached hydrogen (secondary N) is 1. The number of aryl methyl sites for hydroxylation is 1. The van der Waals surface area contributed by atoms with E-state index < -0.39 is 5.91 Å². The molecule has 1 aromatic carbocycles. The zero-order valence-corrected chi connectivity index (χ0v) is 21.8. The molecule has 0 radical (unpaired) electrons. The van der Waals surface area contributed by atoms with Gasteiger partial charge in [0.1, 0.15) is 12.2 Å². The third kappa shape index (κ3) is 4.40. The van der Waals surface area contributed by atoms with Gasteiger partial charge in [-0.25, -0.2) is 14.5 Å². The van der Waals surface area contributed by atoms with Gasteiger partial charge < -0.3 is 19.3 Å². The van der Waals surface area contributed by atoms with Crippen molar-refractivity contribution in [2.45, 2.75) is 52.7 Å². The van der Waals surface area contributed by atoms with Gasteiger partial charge in [0, 0.05) is 43.0 Å². The van der Waals surface area contributed by atoms with E-state index in [2.05, 4.69) is 52.1 Å². The van der Waals surface area contributed by atoms with Crippen molar-refractivity contribution in [3.8, 4) is 11.3 Å². The van der Waals surface area contributed by atoms with E-state index in [1.807, 2.05) is 62.9 Å². The lowest BCUT2D eigenvalue weighted by Gasteiger charge is -2.28. The molecule has 1 aliphatic rings. The van der Waals surface area contributed by atoms with E-state index in [4.69, 9.17) is 4.52 Å². The van der Waals surface area contributed by atoms with Crippen LogP contribution in [0.5, 0.6) is 0 Å². The minimum Gasteiger partial charge on any atom is -0.361 e. The van der Waals surface area contributed by atoms with Crippen LogP contribution in [0.4, 0.5) is 5.69 Å². The van der Waals surface area contributed by atoms with Crippen LogP contribution in [0.3, 0.4) is 0 Å². The van der Waals surface area contributed by atoms with E-state index >= 15 is 0 Å². The molecule has 6 rings (SSSR count). The van der Waals surface area contributed by atoms with Crippen molar-refractivity contribution in [2.24, 2.45) is 0 Å². The van der Waals surface area contributed by atoms with Crippen LogP contribution >= 0.6 is 0 Å². The number of nitrogens with zero attached hydrogens (tertiary/aromatic N) is 8. The Kier molecular flexibility index (Phi) is 5.70. The highest BCUT2D eigenvalue weighted by molar-refractivity contribution is 5.89. The van der Waals surface area contributed by atoms with E-state index in [-0.39, 0.29) is 11.3 Å². The molecule has 0 unspecified atom stereocenters. The fourth-order valence-corrected chi connectivity index (χ4v) is 4.62. The van der Waals surface area contributed by atoms with Crippen molar-refractivity contribution >= 4 is 17.1 Å². The molecule has 1 aliphatic heterocycles. The summed E-state index contributed by atoms with van der Waals surface area (Å²) in [5.74, 6) is 1.13. The number of amides is 1. The number of hydrogen-bond acceptors (Lipinski definition) is 8. The molecule has 11 nitrogen and oxygen atoms in total. The first kappa shape index (κ1) is 23.8. The van der Waals surface area contributed by atoms with Gasteiger partial charge in [-0.15, -0.1) is 0 Å². The van der Waals surface area contributed by atoms with Gasteiger partial charge in [0.15, 0.2) is 5.82 Å². The predicted molar refractivity (Wildman–Crippen MR) is 141 cm³/mol. The minimum atomic E-state index is -0.394.